The largest absolute Gasteiger partial charge is 0.358 e. The Bertz CT molecular complexity index is 1810. The van der Waals surface area contributed by atoms with E-state index in [1.165, 1.54) is 16.6 Å². The van der Waals surface area contributed by atoms with E-state index in [1.807, 2.05) is 44.2 Å². The summed E-state index contributed by atoms with van der Waals surface area (Å²) in [7, 11) is 0. The number of hydrogen-bond acceptors (Lipinski definition) is 6. The Morgan fingerprint density at radius 2 is 1.83 bits per heavy atom. The maximum Gasteiger partial charge on any atom is 0.184 e. The predicted octanol–water partition coefficient (Wildman–Crippen LogP) is 7.94. The smallest absolute Gasteiger partial charge is 0.184 e. The van der Waals surface area contributed by atoms with Crippen LogP contribution < -0.4 is 10.6 Å². The molecular weight excluding hydrogens is 543 g/mol. The van der Waals surface area contributed by atoms with E-state index in [4.69, 9.17) is 0 Å². The van der Waals surface area contributed by atoms with Crippen LogP contribution in [0, 0.1) is 12.7 Å². The van der Waals surface area contributed by atoms with Crippen molar-refractivity contribution in [2.45, 2.75) is 33.9 Å². The molecule has 0 bridgehead atoms. The first kappa shape index (κ1) is 28.9. The summed E-state index contributed by atoms with van der Waals surface area (Å²) in [5, 5.41) is 14.2. The number of allylic oxidation sites excluding steroid dienone is 5. The Balaban J connectivity index is 1.39. The molecule has 0 aliphatic carbocycles. The lowest BCUT2D eigenvalue weighted by molar-refractivity contribution is 0.641. The normalized spacial score (nSPS) is 12.3. The second-order valence-corrected chi connectivity index (χ2v) is 11.3. The summed E-state index contributed by atoms with van der Waals surface area (Å²) in [4.78, 5) is 11.2. The van der Waals surface area contributed by atoms with Gasteiger partial charge in [-0.15, -0.1) is 11.3 Å². The highest BCUT2D eigenvalue weighted by molar-refractivity contribution is 7.13. The Labute approximate surface area is 249 Å². The van der Waals surface area contributed by atoms with Crippen molar-refractivity contribution >= 4 is 33.6 Å². The van der Waals surface area contributed by atoms with E-state index in [9.17, 15) is 0 Å². The maximum absolute atomic E-state index is 16.1. The van der Waals surface area contributed by atoms with Gasteiger partial charge in [-0.1, -0.05) is 55.6 Å². The van der Waals surface area contributed by atoms with E-state index in [2.05, 4.69) is 75.1 Å². The van der Waals surface area contributed by atoms with Gasteiger partial charge in [-0.05, 0) is 61.2 Å². The Kier molecular flexibility index (Phi) is 8.85. The minimum atomic E-state index is -0.428. The molecule has 0 saturated heterocycles. The average molecular weight is 577 g/mol. The van der Waals surface area contributed by atoms with Crippen LogP contribution in [0.3, 0.4) is 0 Å². The summed E-state index contributed by atoms with van der Waals surface area (Å²) in [6.45, 7) is 15.5. The molecule has 3 N–H and O–H groups in total. The number of thiophene rings is 1. The summed E-state index contributed by atoms with van der Waals surface area (Å²) < 4.78 is 16.1. The van der Waals surface area contributed by atoms with E-state index >= 15 is 4.39 Å². The van der Waals surface area contributed by atoms with Crippen molar-refractivity contribution in [3.8, 4) is 11.1 Å². The fourth-order valence-electron chi connectivity index (χ4n) is 4.72. The quantitative estimate of drug-likeness (QED) is 0.139. The molecule has 0 fully saturated rings. The predicted molar refractivity (Wildman–Crippen MR) is 172 cm³/mol. The topological polar surface area (TPSA) is 78.5 Å². The van der Waals surface area contributed by atoms with Crippen molar-refractivity contribution in [1.29, 1.82) is 0 Å². The third-order valence-corrected chi connectivity index (χ3v) is 8.06. The summed E-state index contributed by atoms with van der Waals surface area (Å²) in [5.74, 6) is -0.428. The number of rotatable bonds is 11. The lowest BCUT2D eigenvalue weighted by Crippen LogP contribution is -2.12. The fraction of sp³-hybridized carbons (Fsp3) is 0.147. The third-order valence-electron chi connectivity index (χ3n) is 7.02. The second-order valence-electron chi connectivity index (χ2n) is 10.0. The van der Waals surface area contributed by atoms with Crippen molar-refractivity contribution in [2.75, 3.05) is 0 Å². The highest BCUT2D eigenvalue weighted by Crippen LogP contribution is 2.33. The molecule has 0 aliphatic rings. The standard InChI is InChI=1S/C34H33FN6S/c1-6-10-28(30-14-13-21(2)42-30)22(3)23(4)39-24(5)33-31-32(35)29(20-38-34(31)41-40-33)27-15-26(18-37-19-27)17-36-16-25-11-8-7-9-12-25/h6-15,18-20,36,39H,1,5,16-17H2,2-4H3,(H,38,40,41)/b23-22+,28-10+. The van der Waals surface area contributed by atoms with Crippen LogP contribution in [0.2, 0.25) is 0 Å². The molecule has 212 valence electrons. The van der Waals surface area contributed by atoms with Crippen LogP contribution >= 0.6 is 11.3 Å². The third kappa shape index (κ3) is 6.30. The van der Waals surface area contributed by atoms with Crippen molar-refractivity contribution < 1.29 is 4.39 Å². The zero-order valence-corrected chi connectivity index (χ0v) is 24.8. The molecule has 0 unspecified atom stereocenters. The number of aryl methyl sites for hydroxylation is 1. The molecule has 0 spiro atoms. The molecule has 0 saturated carbocycles. The minimum Gasteiger partial charge on any atom is -0.358 e. The summed E-state index contributed by atoms with van der Waals surface area (Å²) in [6, 6.07) is 16.3. The molecule has 5 aromatic rings. The number of H-pyrrole nitrogens is 1. The molecule has 4 heterocycles. The molecule has 0 radical (unpaired) electrons. The number of aromatic nitrogens is 4. The number of nitrogens with zero attached hydrogens (tertiary/aromatic N) is 3. The van der Waals surface area contributed by atoms with Crippen molar-refractivity contribution in [3.63, 3.8) is 0 Å². The lowest BCUT2D eigenvalue weighted by atomic mass is 10.0. The highest BCUT2D eigenvalue weighted by atomic mass is 32.1. The first-order valence-corrected chi connectivity index (χ1v) is 14.4. The number of nitrogens with one attached hydrogen (secondary N) is 3. The van der Waals surface area contributed by atoms with E-state index in [0.717, 1.165) is 33.8 Å². The maximum atomic E-state index is 16.1. The molecule has 1 aromatic carbocycles. The highest BCUT2D eigenvalue weighted by Gasteiger charge is 2.19. The van der Waals surface area contributed by atoms with Crippen LogP contribution in [0.15, 0.2) is 104 Å². The number of halogens is 1. The van der Waals surface area contributed by atoms with Gasteiger partial charge in [-0.3, -0.25) is 10.1 Å². The van der Waals surface area contributed by atoms with Gasteiger partial charge >= 0.3 is 0 Å². The van der Waals surface area contributed by atoms with Crippen LogP contribution in [0.25, 0.3) is 33.4 Å². The lowest BCUT2D eigenvalue weighted by Gasteiger charge is -2.15. The summed E-state index contributed by atoms with van der Waals surface area (Å²) in [6.07, 6.45) is 8.71. The number of aromatic amines is 1. The summed E-state index contributed by atoms with van der Waals surface area (Å²) >= 11 is 1.72. The molecule has 4 aromatic heterocycles. The van der Waals surface area contributed by atoms with Crippen molar-refractivity contribution in [2.24, 2.45) is 0 Å². The van der Waals surface area contributed by atoms with Crippen LogP contribution in [0.1, 0.15) is 40.4 Å². The number of fused-ring (bicyclic) bond motifs is 1. The number of hydrogen-bond donors (Lipinski definition) is 3. The van der Waals surface area contributed by atoms with Gasteiger partial charge in [0.15, 0.2) is 5.65 Å². The van der Waals surface area contributed by atoms with Gasteiger partial charge < -0.3 is 10.6 Å². The first-order valence-electron chi connectivity index (χ1n) is 13.6. The number of pyridine rings is 2. The van der Waals surface area contributed by atoms with Crippen LogP contribution in [-0.4, -0.2) is 20.2 Å². The van der Waals surface area contributed by atoms with Crippen molar-refractivity contribution in [3.05, 3.63) is 136 Å². The number of benzene rings is 1. The monoisotopic (exact) mass is 576 g/mol. The Morgan fingerprint density at radius 1 is 1.05 bits per heavy atom. The molecule has 0 atom stereocenters. The molecule has 0 aliphatic heterocycles. The van der Waals surface area contributed by atoms with Gasteiger partial charge in [0.05, 0.1) is 16.8 Å². The minimum absolute atomic E-state index is 0.277. The zero-order chi connectivity index (χ0) is 29.6. The molecule has 0 amide bonds. The van der Waals surface area contributed by atoms with Gasteiger partial charge in [0.1, 0.15) is 5.82 Å². The molecule has 6 nitrogen and oxygen atoms in total. The second kappa shape index (κ2) is 12.9. The first-order chi connectivity index (χ1) is 20.4. The van der Waals surface area contributed by atoms with Gasteiger partial charge in [-0.2, -0.15) is 5.10 Å². The molecule has 42 heavy (non-hydrogen) atoms. The van der Waals surface area contributed by atoms with E-state index < -0.39 is 5.82 Å². The fourth-order valence-corrected chi connectivity index (χ4v) is 5.67. The summed E-state index contributed by atoms with van der Waals surface area (Å²) in [5.41, 5.74) is 7.32. The molecular formula is C34H33FN6S. The van der Waals surface area contributed by atoms with Gasteiger partial charge in [0, 0.05) is 58.3 Å². The van der Waals surface area contributed by atoms with Crippen molar-refractivity contribution in [1.82, 2.24) is 30.8 Å². The van der Waals surface area contributed by atoms with Crippen LogP contribution in [0.4, 0.5) is 4.39 Å². The van der Waals surface area contributed by atoms with E-state index in [0.29, 0.717) is 29.1 Å². The molecule has 5 rings (SSSR count). The Morgan fingerprint density at radius 3 is 2.57 bits per heavy atom. The van der Waals surface area contributed by atoms with Crippen LogP contribution in [-0.2, 0) is 13.1 Å². The van der Waals surface area contributed by atoms with Gasteiger partial charge in [0.2, 0.25) is 0 Å². The molecule has 8 heteroatoms. The van der Waals surface area contributed by atoms with Gasteiger partial charge in [0.25, 0.3) is 0 Å². The van der Waals surface area contributed by atoms with Gasteiger partial charge in [-0.25, -0.2) is 9.37 Å². The zero-order valence-electron chi connectivity index (χ0n) is 24.0. The van der Waals surface area contributed by atoms with E-state index in [-0.39, 0.29) is 11.0 Å². The average Bonchev–Trinajstić information content (AvgIpc) is 3.63. The Hall–Kier alpha value is -4.66. The van der Waals surface area contributed by atoms with Crippen LogP contribution in [0.5, 0.6) is 0 Å². The SMILES string of the molecule is C=C/C=C(\C(C)=C(/C)NC(=C)c1[nH]nc2ncc(-c3cncc(CNCc4ccccc4)c3)c(F)c12)c1ccc(C)s1. The van der Waals surface area contributed by atoms with E-state index in [1.54, 1.807) is 29.8 Å².